The lowest BCUT2D eigenvalue weighted by Crippen LogP contribution is -2.46. The molecule has 1 saturated carbocycles. The average Bonchev–Trinajstić information content (AvgIpc) is 3.34. The molecule has 122 valence electrons. The quantitative estimate of drug-likeness (QED) is 0.936. The van der Waals surface area contributed by atoms with Gasteiger partial charge in [0.1, 0.15) is 6.04 Å². The fourth-order valence-corrected chi connectivity index (χ4v) is 4.08. The van der Waals surface area contributed by atoms with Crippen LogP contribution in [-0.2, 0) is 9.53 Å². The number of morpholine rings is 1. The fourth-order valence-electron chi connectivity index (χ4n) is 2.91. The van der Waals surface area contributed by atoms with Crippen molar-refractivity contribution < 1.29 is 9.53 Å². The number of fused-ring (bicyclic) bond motifs is 1. The number of hydrogen-bond acceptors (Lipinski definition) is 5. The van der Waals surface area contributed by atoms with E-state index in [1.165, 1.54) is 22.5 Å². The van der Waals surface area contributed by atoms with Crippen LogP contribution in [0, 0.1) is 0 Å². The fraction of sp³-hybridized carbons (Fsp3) is 0.529. The monoisotopic (exact) mass is 331 g/mol. The summed E-state index contributed by atoms with van der Waals surface area (Å²) in [5.41, 5.74) is 2.05. The van der Waals surface area contributed by atoms with Crippen LogP contribution >= 0.6 is 11.3 Å². The van der Waals surface area contributed by atoms with E-state index >= 15 is 0 Å². The minimum Gasteiger partial charge on any atom is -0.378 e. The molecular weight excluding hydrogens is 310 g/mol. The normalized spacial score (nSPS) is 19.8. The zero-order chi connectivity index (χ0) is 15.8. The van der Waals surface area contributed by atoms with Crippen LogP contribution in [0.2, 0.25) is 0 Å². The van der Waals surface area contributed by atoms with Crippen LogP contribution in [0.4, 0.5) is 5.69 Å². The summed E-state index contributed by atoms with van der Waals surface area (Å²) in [5.74, 6) is 0.821. The third-order valence-electron chi connectivity index (χ3n) is 4.41. The second-order valence-electron chi connectivity index (χ2n) is 6.31. The number of thiazole rings is 1. The lowest BCUT2D eigenvalue weighted by atomic mass is 10.2. The van der Waals surface area contributed by atoms with E-state index in [9.17, 15) is 4.79 Å². The van der Waals surface area contributed by atoms with Gasteiger partial charge in [-0.3, -0.25) is 4.79 Å². The SMILES string of the molecule is CC(Nc1ccc2nc(C3CC3)sc2c1)C(=O)N1CCOCC1. The van der Waals surface area contributed by atoms with Crippen molar-refractivity contribution in [2.45, 2.75) is 31.7 Å². The maximum atomic E-state index is 12.5. The van der Waals surface area contributed by atoms with Crippen LogP contribution in [0.3, 0.4) is 0 Å². The highest BCUT2D eigenvalue weighted by Gasteiger charge is 2.27. The first-order valence-corrected chi connectivity index (χ1v) is 9.06. The van der Waals surface area contributed by atoms with Crippen LogP contribution in [0.25, 0.3) is 10.2 Å². The Morgan fingerprint density at radius 2 is 2.17 bits per heavy atom. The van der Waals surface area contributed by atoms with E-state index in [1.807, 2.05) is 24.0 Å². The summed E-state index contributed by atoms with van der Waals surface area (Å²) in [5, 5.41) is 4.59. The molecule has 1 unspecified atom stereocenters. The Bertz CT molecular complexity index is 720. The summed E-state index contributed by atoms with van der Waals surface area (Å²) in [7, 11) is 0. The van der Waals surface area contributed by atoms with Gasteiger partial charge in [-0.05, 0) is 38.0 Å². The molecule has 2 heterocycles. The van der Waals surface area contributed by atoms with Crippen molar-refractivity contribution in [3.63, 3.8) is 0 Å². The van der Waals surface area contributed by atoms with Crippen molar-refractivity contribution in [1.82, 2.24) is 9.88 Å². The second kappa shape index (κ2) is 6.09. The molecule has 1 aliphatic carbocycles. The third-order valence-corrected chi connectivity index (χ3v) is 5.59. The van der Waals surface area contributed by atoms with Gasteiger partial charge in [0, 0.05) is 24.7 Å². The van der Waals surface area contributed by atoms with Crippen LogP contribution in [0.1, 0.15) is 30.7 Å². The van der Waals surface area contributed by atoms with Crippen molar-refractivity contribution in [2.75, 3.05) is 31.6 Å². The van der Waals surface area contributed by atoms with Gasteiger partial charge in [0.05, 0.1) is 28.4 Å². The van der Waals surface area contributed by atoms with Crippen molar-refractivity contribution in [3.05, 3.63) is 23.2 Å². The summed E-state index contributed by atoms with van der Waals surface area (Å²) in [6.07, 6.45) is 2.55. The zero-order valence-electron chi connectivity index (χ0n) is 13.2. The van der Waals surface area contributed by atoms with Crippen molar-refractivity contribution in [2.24, 2.45) is 0 Å². The van der Waals surface area contributed by atoms with Gasteiger partial charge in [-0.25, -0.2) is 4.98 Å². The van der Waals surface area contributed by atoms with E-state index in [4.69, 9.17) is 9.72 Å². The van der Waals surface area contributed by atoms with Crippen molar-refractivity contribution >= 4 is 33.1 Å². The minimum absolute atomic E-state index is 0.136. The Balaban J connectivity index is 1.46. The van der Waals surface area contributed by atoms with E-state index in [2.05, 4.69) is 11.4 Å². The summed E-state index contributed by atoms with van der Waals surface area (Å²) in [4.78, 5) is 19.0. The molecular formula is C17H21N3O2S. The molecule has 2 aromatic rings. The second-order valence-corrected chi connectivity index (χ2v) is 7.37. The first kappa shape index (κ1) is 14.9. The number of nitrogens with one attached hydrogen (secondary N) is 1. The summed E-state index contributed by atoms with van der Waals surface area (Å²) in [6.45, 7) is 4.56. The summed E-state index contributed by atoms with van der Waals surface area (Å²) < 4.78 is 6.50. The third kappa shape index (κ3) is 3.19. The molecule has 1 atom stereocenters. The number of aromatic nitrogens is 1. The van der Waals surface area contributed by atoms with Crippen molar-refractivity contribution in [3.8, 4) is 0 Å². The molecule has 1 aromatic heterocycles. The van der Waals surface area contributed by atoms with E-state index in [0.717, 1.165) is 11.2 Å². The minimum atomic E-state index is -0.235. The molecule has 0 bridgehead atoms. The van der Waals surface area contributed by atoms with Crippen LogP contribution in [0.5, 0.6) is 0 Å². The maximum absolute atomic E-state index is 12.5. The van der Waals surface area contributed by atoms with Crippen molar-refractivity contribution in [1.29, 1.82) is 0 Å². The molecule has 2 aliphatic rings. The standard InChI is InChI=1S/C17H21N3O2S/c1-11(17(21)20-6-8-22-9-7-20)18-13-4-5-14-15(10-13)23-16(19-14)12-2-3-12/h4-5,10-12,18H,2-3,6-9H2,1H3. The van der Waals surface area contributed by atoms with E-state index in [-0.39, 0.29) is 11.9 Å². The lowest BCUT2D eigenvalue weighted by molar-refractivity contribution is -0.135. The molecule has 4 rings (SSSR count). The average molecular weight is 331 g/mol. The number of nitrogens with zero attached hydrogens (tertiary/aromatic N) is 2. The van der Waals surface area contributed by atoms with E-state index < -0.39 is 0 Å². The predicted octanol–water partition coefficient (Wildman–Crippen LogP) is 2.83. The summed E-state index contributed by atoms with van der Waals surface area (Å²) in [6, 6.07) is 5.94. The number of rotatable bonds is 4. The Kier molecular flexibility index (Phi) is 3.95. The molecule has 6 heteroatoms. The Hall–Kier alpha value is -1.66. The molecule has 23 heavy (non-hydrogen) atoms. The Labute approximate surface area is 139 Å². The summed E-state index contributed by atoms with van der Waals surface area (Å²) >= 11 is 1.78. The number of amides is 1. The first-order chi connectivity index (χ1) is 11.2. The van der Waals surface area contributed by atoms with Gasteiger partial charge in [-0.1, -0.05) is 0 Å². The Morgan fingerprint density at radius 1 is 1.39 bits per heavy atom. The molecule has 1 aromatic carbocycles. The molecule has 2 fully saturated rings. The lowest BCUT2D eigenvalue weighted by Gasteiger charge is -2.29. The van der Waals surface area contributed by atoms with Gasteiger partial charge in [0.25, 0.3) is 0 Å². The van der Waals surface area contributed by atoms with Gasteiger partial charge in [-0.15, -0.1) is 11.3 Å². The molecule has 0 spiro atoms. The highest BCUT2D eigenvalue weighted by molar-refractivity contribution is 7.18. The number of carbonyl (C=O) groups is 1. The molecule has 1 aliphatic heterocycles. The number of anilines is 1. The van der Waals surface area contributed by atoms with E-state index in [1.54, 1.807) is 11.3 Å². The Morgan fingerprint density at radius 3 is 2.91 bits per heavy atom. The van der Waals surface area contributed by atoms with E-state index in [0.29, 0.717) is 32.2 Å². The number of benzene rings is 1. The number of carbonyl (C=O) groups excluding carboxylic acids is 1. The van der Waals surface area contributed by atoms with Gasteiger partial charge < -0.3 is 15.0 Å². The number of ether oxygens (including phenoxy) is 1. The zero-order valence-corrected chi connectivity index (χ0v) is 14.1. The first-order valence-electron chi connectivity index (χ1n) is 8.24. The maximum Gasteiger partial charge on any atom is 0.244 e. The molecule has 1 amide bonds. The van der Waals surface area contributed by atoms with Gasteiger partial charge >= 0.3 is 0 Å². The van der Waals surface area contributed by atoms with Crippen LogP contribution in [-0.4, -0.2) is 48.1 Å². The smallest absolute Gasteiger partial charge is 0.244 e. The molecule has 1 N–H and O–H groups in total. The highest BCUT2D eigenvalue weighted by Crippen LogP contribution is 2.43. The van der Waals surface area contributed by atoms with Crippen LogP contribution in [0.15, 0.2) is 18.2 Å². The van der Waals surface area contributed by atoms with Gasteiger partial charge in [0.15, 0.2) is 0 Å². The molecule has 1 saturated heterocycles. The number of hydrogen-bond donors (Lipinski definition) is 1. The molecule has 0 radical (unpaired) electrons. The largest absolute Gasteiger partial charge is 0.378 e. The van der Waals surface area contributed by atoms with Gasteiger partial charge in [0.2, 0.25) is 5.91 Å². The molecule has 5 nitrogen and oxygen atoms in total. The van der Waals surface area contributed by atoms with Crippen LogP contribution < -0.4 is 5.32 Å². The predicted molar refractivity (Wildman–Crippen MR) is 92.1 cm³/mol. The topological polar surface area (TPSA) is 54.5 Å². The van der Waals surface area contributed by atoms with Gasteiger partial charge in [-0.2, -0.15) is 0 Å². The highest BCUT2D eigenvalue weighted by atomic mass is 32.1.